The fraction of sp³-hybridized carbons (Fsp3) is 0.412. The van der Waals surface area contributed by atoms with Gasteiger partial charge < -0.3 is 14.6 Å². The number of benzene rings is 2. The standard InChI is InChI=1S/C51H58N4O/c1-50(2,3)36-24-25-44(40(29-36)34-18-11-8-12-19-34)54-45-22-15-21-38(48(45)55-49(54)39-20-13-14-23-47(39)56-52-55)41-30-37(51(4,5)6)31-42-43(41)32-53-27-26-35(28-46(42)53)33-16-9-7-10-17-33/h7-12,16,18-21,23-27,30-31,33,35-36,46,49,52H,13-15,17,22,28-29,32H2,1-6H3/t33-,35?,36?,46?,49?/m0/s1. The molecule has 1 N–H and O–H groups in total. The minimum atomic E-state index is -0.0437. The predicted molar refractivity (Wildman–Crippen MR) is 228 cm³/mol. The van der Waals surface area contributed by atoms with Crippen LogP contribution in [0.1, 0.15) is 120 Å². The highest BCUT2D eigenvalue weighted by Gasteiger charge is 2.50. The molecule has 0 radical (unpaired) electrons. The van der Waals surface area contributed by atoms with Crippen LogP contribution in [0.25, 0.3) is 11.1 Å². The molecule has 8 aliphatic rings. The van der Waals surface area contributed by atoms with Crippen molar-refractivity contribution in [3.05, 3.63) is 166 Å². The normalized spacial score (nSPS) is 28.0. The fourth-order valence-electron chi connectivity index (χ4n) is 10.6. The van der Waals surface area contributed by atoms with E-state index in [1.807, 2.05) is 0 Å². The first-order valence-electron chi connectivity index (χ1n) is 21.3. The summed E-state index contributed by atoms with van der Waals surface area (Å²) < 4.78 is 0. The lowest BCUT2D eigenvalue weighted by molar-refractivity contribution is -0.0758. The van der Waals surface area contributed by atoms with Crippen LogP contribution in [0.5, 0.6) is 0 Å². The molecule has 0 saturated carbocycles. The monoisotopic (exact) mass is 742 g/mol. The highest BCUT2D eigenvalue weighted by Crippen LogP contribution is 2.54. The zero-order valence-electron chi connectivity index (χ0n) is 34.2. The molecule has 0 amide bonds. The van der Waals surface area contributed by atoms with Crippen molar-refractivity contribution in [1.82, 2.24) is 20.4 Å². The largest absolute Gasteiger partial charge is 0.389 e. The Labute approximate surface area is 334 Å². The molecule has 4 heterocycles. The molecule has 288 valence electrons. The quantitative estimate of drug-likeness (QED) is 0.337. The van der Waals surface area contributed by atoms with Crippen LogP contribution in [0.15, 0.2) is 138 Å². The molecule has 2 aromatic rings. The van der Waals surface area contributed by atoms with Crippen molar-refractivity contribution < 1.29 is 4.84 Å². The maximum atomic E-state index is 6.47. The van der Waals surface area contributed by atoms with Crippen molar-refractivity contribution in [2.45, 2.75) is 111 Å². The van der Waals surface area contributed by atoms with Gasteiger partial charge >= 0.3 is 0 Å². The molecule has 1 saturated heterocycles. The molecule has 4 aliphatic heterocycles. The minimum Gasteiger partial charge on any atom is -0.389 e. The van der Waals surface area contributed by atoms with Gasteiger partial charge in [0.1, 0.15) is 0 Å². The predicted octanol–water partition coefficient (Wildman–Crippen LogP) is 11.9. The van der Waals surface area contributed by atoms with Crippen molar-refractivity contribution >= 4 is 11.1 Å². The Morgan fingerprint density at radius 2 is 1.70 bits per heavy atom. The van der Waals surface area contributed by atoms with Gasteiger partial charge in [0, 0.05) is 29.1 Å². The summed E-state index contributed by atoms with van der Waals surface area (Å²) in [6.07, 6.45) is 33.6. The van der Waals surface area contributed by atoms with E-state index in [2.05, 4.69) is 171 Å². The van der Waals surface area contributed by atoms with Crippen LogP contribution in [0.2, 0.25) is 0 Å². The summed E-state index contributed by atoms with van der Waals surface area (Å²) >= 11 is 0. The molecule has 4 aliphatic carbocycles. The molecule has 0 spiro atoms. The van der Waals surface area contributed by atoms with E-state index in [1.165, 1.54) is 61.6 Å². The highest BCUT2D eigenvalue weighted by atomic mass is 16.7. The smallest absolute Gasteiger partial charge is 0.153 e. The van der Waals surface area contributed by atoms with E-state index in [9.17, 15) is 0 Å². The summed E-state index contributed by atoms with van der Waals surface area (Å²) in [6, 6.07) is 16.7. The third kappa shape index (κ3) is 5.92. The van der Waals surface area contributed by atoms with Gasteiger partial charge in [0.05, 0.1) is 11.7 Å². The van der Waals surface area contributed by atoms with Crippen molar-refractivity contribution in [3.8, 4) is 0 Å². The van der Waals surface area contributed by atoms with Crippen LogP contribution in [-0.4, -0.2) is 21.0 Å². The summed E-state index contributed by atoms with van der Waals surface area (Å²) in [5.74, 6) is 2.54. The summed E-state index contributed by atoms with van der Waals surface area (Å²) in [5.41, 5.74) is 18.9. The van der Waals surface area contributed by atoms with Gasteiger partial charge in [0.25, 0.3) is 0 Å². The zero-order valence-corrected chi connectivity index (χ0v) is 34.2. The Morgan fingerprint density at radius 3 is 2.48 bits per heavy atom. The molecule has 2 aromatic carbocycles. The van der Waals surface area contributed by atoms with Crippen LogP contribution >= 0.6 is 0 Å². The molecule has 10 rings (SSSR count). The molecule has 1 fully saturated rings. The van der Waals surface area contributed by atoms with Gasteiger partial charge in [0.15, 0.2) is 11.9 Å². The Morgan fingerprint density at radius 1 is 0.857 bits per heavy atom. The Bertz CT molecular complexity index is 2230. The van der Waals surface area contributed by atoms with E-state index in [1.54, 1.807) is 0 Å². The SMILES string of the molecule is CC(C)(C)c1cc(C2=CCCC3=C2N2NOC4=CCCC=C4C2N3C2=C(c3ccccc3)CC(C(C)(C)C)C=C2)c2c(c1)C1CC([C@H]3C=CC=CC3)C=CN1C2. The lowest BCUT2D eigenvalue weighted by atomic mass is 9.73. The van der Waals surface area contributed by atoms with E-state index in [4.69, 9.17) is 4.84 Å². The molecule has 5 atom stereocenters. The summed E-state index contributed by atoms with van der Waals surface area (Å²) in [5, 5.41) is 2.38. The van der Waals surface area contributed by atoms with E-state index in [0.717, 1.165) is 57.2 Å². The van der Waals surface area contributed by atoms with Gasteiger partial charge in [-0.3, -0.25) is 0 Å². The van der Waals surface area contributed by atoms with Gasteiger partial charge in [-0.25, -0.2) is 5.01 Å². The van der Waals surface area contributed by atoms with E-state index in [0.29, 0.717) is 23.8 Å². The zero-order chi connectivity index (χ0) is 38.3. The first kappa shape index (κ1) is 35.7. The Balaban J connectivity index is 1.13. The maximum Gasteiger partial charge on any atom is 0.153 e. The average molecular weight is 743 g/mol. The van der Waals surface area contributed by atoms with Crippen LogP contribution in [0.4, 0.5) is 0 Å². The molecule has 5 heteroatoms. The van der Waals surface area contributed by atoms with Crippen LogP contribution in [0.3, 0.4) is 0 Å². The Hall–Kier alpha value is -4.74. The fourth-order valence-corrected chi connectivity index (χ4v) is 10.6. The number of hydrogen-bond acceptors (Lipinski definition) is 5. The number of nitrogens with zero attached hydrogens (tertiary/aromatic N) is 3. The maximum absolute atomic E-state index is 6.47. The summed E-state index contributed by atoms with van der Waals surface area (Å²) in [4.78, 5) is 11.8. The number of hydrogen-bond donors (Lipinski definition) is 1. The molecule has 0 aromatic heterocycles. The van der Waals surface area contributed by atoms with Gasteiger partial charge in [-0.05, 0) is 125 Å². The third-order valence-corrected chi connectivity index (χ3v) is 13.8. The lowest BCUT2D eigenvalue weighted by Gasteiger charge is -2.43. The second-order valence-corrected chi connectivity index (χ2v) is 19.3. The number of rotatable bonds is 4. The second-order valence-electron chi connectivity index (χ2n) is 19.3. The van der Waals surface area contributed by atoms with Crippen molar-refractivity contribution in [3.63, 3.8) is 0 Å². The lowest BCUT2D eigenvalue weighted by Crippen LogP contribution is -2.53. The van der Waals surface area contributed by atoms with Gasteiger partial charge in [-0.2, -0.15) is 0 Å². The van der Waals surface area contributed by atoms with E-state index < -0.39 is 0 Å². The van der Waals surface area contributed by atoms with Crippen molar-refractivity contribution in [2.24, 2.45) is 23.2 Å². The summed E-state index contributed by atoms with van der Waals surface area (Å²) in [6.45, 7) is 15.2. The topological polar surface area (TPSA) is 31.0 Å². The number of hydrazine groups is 1. The minimum absolute atomic E-state index is 0.0136. The van der Waals surface area contributed by atoms with Crippen LogP contribution in [0, 0.1) is 23.2 Å². The molecule has 4 unspecified atom stereocenters. The molecule has 56 heavy (non-hydrogen) atoms. The van der Waals surface area contributed by atoms with Gasteiger partial charge in [0.2, 0.25) is 0 Å². The average Bonchev–Trinajstić information content (AvgIpc) is 3.76. The number of fused-ring (bicyclic) bond motifs is 7. The first-order valence-corrected chi connectivity index (χ1v) is 21.3. The van der Waals surface area contributed by atoms with Crippen LogP contribution in [-0.2, 0) is 16.8 Å². The highest BCUT2D eigenvalue weighted by molar-refractivity contribution is 5.85. The molecule has 0 bridgehead atoms. The van der Waals surface area contributed by atoms with Crippen molar-refractivity contribution in [2.75, 3.05) is 0 Å². The number of nitrogens with one attached hydrogen (secondary N) is 1. The molecular weight excluding hydrogens is 685 g/mol. The third-order valence-electron chi connectivity index (χ3n) is 13.8. The summed E-state index contributed by atoms with van der Waals surface area (Å²) in [7, 11) is 0. The molecule has 5 nitrogen and oxygen atoms in total. The van der Waals surface area contributed by atoms with E-state index >= 15 is 0 Å². The number of allylic oxidation sites excluding steroid dienone is 13. The Kier molecular flexibility index (Phi) is 8.56. The van der Waals surface area contributed by atoms with Gasteiger partial charge in [-0.1, -0.05) is 138 Å². The van der Waals surface area contributed by atoms with Gasteiger partial charge in [-0.15, -0.1) is 0 Å². The van der Waals surface area contributed by atoms with Crippen LogP contribution < -0.4 is 5.59 Å². The van der Waals surface area contributed by atoms with E-state index in [-0.39, 0.29) is 17.0 Å². The van der Waals surface area contributed by atoms with Crippen molar-refractivity contribution in [1.29, 1.82) is 0 Å². The second kappa shape index (κ2) is 13.4. The molecular formula is C51H58N4O. The first-order chi connectivity index (χ1) is 27.0.